The van der Waals surface area contributed by atoms with Crippen LogP contribution in [-0.2, 0) is 10.0 Å². The number of sulfonamides is 1. The van der Waals surface area contributed by atoms with Gasteiger partial charge in [-0.25, -0.2) is 17.9 Å². The minimum absolute atomic E-state index is 0.0258. The molecule has 6 nitrogen and oxygen atoms in total. The van der Waals surface area contributed by atoms with Crippen LogP contribution in [0.4, 0.5) is 0 Å². The van der Waals surface area contributed by atoms with Crippen molar-refractivity contribution in [1.82, 2.24) is 9.71 Å². The first kappa shape index (κ1) is 16.1. The third-order valence-electron chi connectivity index (χ3n) is 2.62. The van der Waals surface area contributed by atoms with E-state index in [1.807, 2.05) is 6.26 Å². The second kappa shape index (κ2) is 5.98. The molecule has 0 aliphatic carbocycles. The van der Waals surface area contributed by atoms with Crippen LogP contribution in [-0.4, -0.2) is 42.5 Å². The van der Waals surface area contributed by atoms with Crippen molar-refractivity contribution < 1.29 is 18.3 Å². The topological polar surface area (TPSA) is 99.3 Å². The number of hydrogen-bond donors (Lipinski definition) is 3. The molecule has 0 saturated carbocycles. The number of H-pyrrole nitrogens is 1. The Labute approximate surface area is 117 Å². The average Bonchev–Trinajstić information content (AvgIpc) is 2.54. The monoisotopic (exact) mass is 306 g/mol. The van der Waals surface area contributed by atoms with E-state index in [1.165, 1.54) is 18.7 Å². The highest BCUT2D eigenvalue weighted by Gasteiger charge is 2.27. The minimum Gasteiger partial charge on any atom is -0.477 e. The third-order valence-corrected chi connectivity index (χ3v) is 5.32. The van der Waals surface area contributed by atoms with Crippen molar-refractivity contribution in [2.45, 2.75) is 31.7 Å². The van der Waals surface area contributed by atoms with Gasteiger partial charge in [-0.1, -0.05) is 0 Å². The van der Waals surface area contributed by atoms with Crippen LogP contribution in [0.15, 0.2) is 4.90 Å². The number of aromatic nitrogens is 1. The summed E-state index contributed by atoms with van der Waals surface area (Å²) < 4.78 is 27.1. The average molecular weight is 306 g/mol. The lowest BCUT2D eigenvalue weighted by atomic mass is 10.2. The number of carbonyl (C=O) groups is 1. The summed E-state index contributed by atoms with van der Waals surface area (Å²) in [4.78, 5) is 13.6. The molecule has 108 valence electrons. The number of rotatable bonds is 6. The zero-order valence-electron chi connectivity index (χ0n) is 11.3. The van der Waals surface area contributed by atoms with E-state index in [0.717, 1.165) is 0 Å². The first-order valence-electron chi connectivity index (χ1n) is 5.64. The normalized spacial score (nSPS) is 13.5. The number of aromatic carboxylic acids is 1. The van der Waals surface area contributed by atoms with E-state index in [9.17, 15) is 13.2 Å². The van der Waals surface area contributed by atoms with Gasteiger partial charge in [-0.05, 0) is 27.0 Å². The van der Waals surface area contributed by atoms with Crippen molar-refractivity contribution in [2.75, 3.05) is 12.0 Å². The van der Waals surface area contributed by atoms with Gasteiger partial charge in [0.2, 0.25) is 10.0 Å². The Morgan fingerprint density at radius 3 is 2.47 bits per heavy atom. The van der Waals surface area contributed by atoms with Crippen LogP contribution in [0.2, 0.25) is 0 Å². The summed E-state index contributed by atoms with van der Waals surface area (Å²) in [7, 11) is -3.71. The van der Waals surface area contributed by atoms with E-state index >= 15 is 0 Å². The fourth-order valence-electron chi connectivity index (χ4n) is 1.96. The maximum absolute atomic E-state index is 12.3. The van der Waals surface area contributed by atoms with Crippen molar-refractivity contribution in [2.24, 2.45) is 0 Å². The highest BCUT2D eigenvalue weighted by atomic mass is 32.2. The molecule has 0 aliphatic rings. The van der Waals surface area contributed by atoms with Crippen LogP contribution in [0.5, 0.6) is 0 Å². The summed E-state index contributed by atoms with van der Waals surface area (Å²) in [5, 5.41) is 8.99. The molecule has 1 unspecified atom stereocenters. The minimum atomic E-state index is -3.71. The lowest BCUT2D eigenvalue weighted by molar-refractivity contribution is 0.0690. The van der Waals surface area contributed by atoms with E-state index in [-0.39, 0.29) is 22.2 Å². The van der Waals surface area contributed by atoms with Crippen molar-refractivity contribution in [3.63, 3.8) is 0 Å². The van der Waals surface area contributed by atoms with Crippen molar-refractivity contribution >= 4 is 27.8 Å². The number of nitrogens with one attached hydrogen (secondary N) is 2. The largest absolute Gasteiger partial charge is 0.477 e. The van der Waals surface area contributed by atoms with E-state index in [2.05, 4.69) is 9.71 Å². The predicted molar refractivity (Wildman–Crippen MR) is 75.4 cm³/mol. The Kier molecular flexibility index (Phi) is 5.05. The number of hydrogen-bond acceptors (Lipinski definition) is 4. The quantitative estimate of drug-likeness (QED) is 0.737. The smallest absolute Gasteiger partial charge is 0.352 e. The molecule has 0 bridgehead atoms. The van der Waals surface area contributed by atoms with Gasteiger partial charge in [0.1, 0.15) is 10.6 Å². The first-order valence-corrected chi connectivity index (χ1v) is 8.52. The van der Waals surface area contributed by atoms with Gasteiger partial charge in [0.05, 0.1) is 0 Å². The van der Waals surface area contributed by atoms with Crippen molar-refractivity contribution in [3.8, 4) is 0 Å². The maximum atomic E-state index is 12.3. The van der Waals surface area contributed by atoms with Gasteiger partial charge >= 0.3 is 5.97 Å². The summed E-state index contributed by atoms with van der Waals surface area (Å²) in [5.74, 6) is -0.521. The Balaban J connectivity index is 3.19. The summed E-state index contributed by atoms with van der Waals surface area (Å²) in [5.41, 5.74) is 0.475. The molecule has 1 rings (SSSR count). The van der Waals surface area contributed by atoms with E-state index in [1.54, 1.807) is 13.8 Å². The highest BCUT2D eigenvalue weighted by molar-refractivity contribution is 7.98. The molecule has 1 aromatic rings. The number of aromatic amines is 1. The summed E-state index contributed by atoms with van der Waals surface area (Å²) in [6.07, 6.45) is 1.89. The first-order chi connectivity index (χ1) is 8.70. The lowest BCUT2D eigenvalue weighted by Crippen LogP contribution is -2.34. The Morgan fingerprint density at radius 1 is 1.47 bits per heavy atom. The molecular formula is C11H18N2O4S2. The van der Waals surface area contributed by atoms with Gasteiger partial charge in [-0.2, -0.15) is 11.8 Å². The maximum Gasteiger partial charge on any atom is 0.352 e. The van der Waals surface area contributed by atoms with Crippen LogP contribution >= 0.6 is 11.8 Å². The molecule has 3 N–H and O–H groups in total. The summed E-state index contributed by atoms with van der Waals surface area (Å²) in [6.45, 7) is 4.80. The van der Waals surface area contributed by atoms with Crippen molar-refractivity contribution in [1.29, 1.82) is 0 Å². The third kappa shape index (κ3) is 3.52. The van der Waals surface area contributed by atoms with Crippen LogP contribution in [0, 0.1) is 13.8 Å². The molecule has 0 spiro atoms. The molecule has 0 aliphatic heterocycles. The van der Waals surface area contributed by atoms with Crippen LogP contribution in [0.1, 0.15) is 28.7 Å². The molecule has 19 heavy (non-hydrogen) atoms. The second-order valence-corrected chi connectivity index (χ2v) is 6.92. The number of carboxylic acid groups (broad SMARTS) is 1. The second-order valence-electron chi connectivity index (χ2n) is 4.36. The standard InChI is InChI=1S/C11H18N2O4S2/c1-6(5-18-4)13-19(16,17)10-7(2)9(11(14)15)12-8(10)3/h6,12-13H,5H2,1-4H3,(H,14,15). The van der Waals surface area contributed by atoms with Crippen LogP contribution < -0.4 is 4.72 Å². The molecular weight excluding hydrogens is 288 g/mol. The predicted octanol–water partition coefficient (Wildman–Crippen LogP) is 1.36. The molecule has 8 heteroatoms. The fraction of sp³-hybridized carbons (Fsp3) is 0.545. The molecule has 1 heterocycles. The molecule has 0 saturated heterocycles. The van der Waals surface area contributed by atoms with Gasteiger partial charge < -0.3 is 10.1 Å². The van der Waals surface area contributed by atoms with Gasteiger partial charge in [-0.15, -0.1) is 0 Å². The van der Waals surface area contributed by atoms with Crippen LogP contribution in [0.25, 0.3) is 0 Å². The zero-order chi connectivity index (χ0) is 14.8. The highest BCUT2D eigenvalue weighted by Crippen LogP contribution is 2.23. The number of carboxylic acids is 1. The summed E-state index contributed by atoms with van der Waals surface area (Å²) >= 11 is 1.54. The van der Waals surface area contributed by atoms with E-state index < -0.39 is 16.0 Å². The van der Waals surface area contributed by atoms with Gasteiger partial charge in [0.15, 0.2) is 0 Å². The molecule has 0 fully saturated rings. The lowest BCUT2D eigenvalue weighted by Gasteiger charge is -2.13. The molecule has 1 atom stereocenters. The van der Waals surface area contributed by atoms with Crippen LogP contribution in [0.3, 0.4) is 0 Å². The van der Waals surface area contributed by atoms with E-state index in [4.69, 9.17) is 5.11 Å². The Hall–Kier alpha value is -0.990. The van der Waals surface area contributed by atoms with Gasteiger partial charge in [-0.3, -0.25) is 0 Å². The SMILES string of the molecule is CSCC(C)NS(=O)(=O)c1c(C)[nH]c(C(=O)O)c1C. The van der Waals surface area contributed by atoms with Gasteiger partial charge in [0, 0.05) is 23.1 Å². The molecule has 0 radical (unpaired) electrons. The van der Waals surface area contributed by atoms with Crippen molar-refractivity contribution in [3.05, 3.63) is 17.0 Å². The molecule has 0 amide bonds. The van der Waals surface area contributed by atoms with Gasteiger partial charge in [0.25, 0.3) is 0 Å². The van der Waals surface area contributed by atoms with E-state index in [0.29, 0.717) is 11.4 Å². The summed E-state index contributed by atoms with van der Waals surface area (Å²) in [6, 6.07) is -0.220. The number of thioether (sulfide) groups is 1. The Bertz CT molecular complexity index is 578. The number of aryl methyl sites for hydroxylation is 1. The fourth-order valence-corrected chi connectivity index (χ4v) is 4.34. The molecule has 1 aromatic heterocycles. The Morgan fingerprint density at radius 2 is 2.05 bits per heavy atom. The zero-order valence-corrected chi connectivity index (χ0v) is 12.9. The molecule has 0 aromatic carbocycles.